The Morgan fingerprint density at radius 3 is 2.74 bits per heavy atom. The van der Waals surface area contributed by atoms with E-state index in [0.717, 1.165) is 55.8 Å². The maximum Gasteiger partial charge on any atom is 0.254 e. The van der Waals surface area contributed by atoms with Crippen molar-refractivity contribution < 1.29 is 14.6 Å². The van der Waals surface area contributed by atoms with Gasteiger partial charge < -0.3 is 20.1 Å². The van der Waals surface area contributed by atoms with Gasteiger partial charge in [0.05, 0.1) is 18.8 Å². The highest BCUT2D eigenvalue weighted by molar-refractivity contribution is 5.97. The first-order valence-corrected chi connectivity index (χ1v) is 11.4. The maximum absolute atomic E-state index is 13.1. The summed E-state index contributed by atoms with van der Waals surface area (Å²) in [5.41, 5.74) is 5.57. The first kappa shape index (κ1) is 20.5. The second-order valence-corrected chi connectivity index (χ2v) is 8.99. The van der Waals surface area contributed by atoms with Crippen molar-refractivity contribution in [3.05, 3.63) is 64.7 Å². The van der Waals surface area contributed by atoms with E-state index in [4.69, 9.17) is 4.74 Å². The summed E-state index contributed by atoms with van der Waals surface area (Å²) >= 11 is 0. The van der Waals surface area contributed by atoms with E-state index in [9.17, 15) is 9.90 Å². The Kier molecular flexibility index (Phi) is 5.94. The van der Waals surface area contributed by atoms with Gasteiger partial charge in [0.15, 0.2) is 0 Å². The second kappa shape index (κ2) is 8.99. The average molecular weight is 422 g/mol. The third kappa shape index (κ3) is 4.61. The predicted octanol–water partition coefficient (Wildman–Crippen LogP) is 2.30. The zero-order valence-electron chi connectivity index (χ0n) is 17.9. The molecule has 0 spiro atoms. The first-order chi connectivity index (χ1) is 15.2. The van der Waals surface area contributed by atoms with E-state index in [1.807, 2.05) is 11.0 Å². The third-order valence-corrected chi connectivity index (χ3v) is 6.69. The van der Waals surface area contributed by atoms with Gasteiger partial charge in [-0.1, -0.05) is 30.3 Å². The van der Waals surface area contributed by atoms with Crippen molar-refractivity contribution in [2.24, 2.45) is 0 Å². The number of anilines is 1. The van der Waals surface area contributed by atoms with E-state index in [2.05, 4.69) is 46.6 Å². The lowest BCUT2D eigenvalue weighted by Crippen LogP contribution is -2.46. The Hall–Kier alpha value is -2.41. The summed E-state index contributed by atoms with van der Waals surface area (Å²) in [4.78, 5) is 17.3. The number of β-amino-alcohol motifs (C(OH)–C–C–N with tert-alkyl or cyclic N) is 1. The maximum atomic E-state index is 13.1. The second-order valence-electron chi connectivity index (χ2n) is 8.99. The van der Waals surface area contributed by atoms with E-state index in [0.29, 0.717) is 32.3 Å². The smallest absolute Gasteiger partial charge is 0.254 e. The molecule has 3 heterocycles. The molecule has 0 aliphatic carbocycles. The molecule has 3 aliphatic heterocycles. The number of benzene rings is 2. The minimum atomic E-state index is -0.548. The van der Waals surface area contributed by atoms with Crippen LogP contribution in [0, 0.1) is 0 Å². The lowest BCUT2D eigenvalue weighted by atomic mass is 9.97. The Morgan fingerprint density at radius 1 is 1.06 bits per heavy atom. The van der Waals surface area contributed by atoms with Crippen LogP contribution in [0.4, 0.5) is 5.69 Å². The topological polar surface area (TPSA) is 65.0 Å². The van der Waals surface area contributed by atoms with Gasteiger partial charge in [0, 0.05) is 50.6 Å². The van der Waals surface area contributed by atoms with Crippen LogP contribution in [0.3, 0.4) is 0 Å². The summed E-state index contributed by atoms with van der Waals surface area (Å²) in [6.07, 6.45) is 2.29. The Bertz CT molecular complexity index is 941. The number of fused-ring (bicyclic) bond motifs is 2. The first-order valence-electron chi connectivity index (χ1n) is 11.4. The molecule has 3 aliphatic rings. The van der Waals surface area contributed by atoms with E-state index >= 15 is 0 Å². The SMILES string of the molecule is O=C1c2cc(N[C@H]3CCOC3)ccc2CCN1CC(O)CN1CCc2ccccc2C1. The Morgan fingerprint density at radius 2 is 1.90 bits per heavy atom. The molecule has 2 atom stereocenters. The van der Waals surface area contributed by atoms with Crippen molar-refractivity contribution in [3.8, 4) is 0 Å². The van der Waals surface area contributed by atoms with Crippen molar-refractivity contribution in [1.82, 2.24) is 9.80 Å². The summed E-state index contributed by atoms with van der Waals surface area (Å²) in [5.74, 6) is 0.0237. The van der Waals surface area contributed by atoms with E-state index < -0.39 is 6.10 Å². The van der Waals surface area contributed by atoms with Crippen LogP contribution in [0.15, 0.2) is 42.5 Å². The third-order valence-electron chi connectivity index (χ3n) is 6.69. The van der Waals surface area contributed by atoms with E-state index in [1.54, 1.807) is 0 Å². The minimum absolute atomic E-state index is 0.0237. The van der Waals surface area contributed by atoms with Gasteiger partial charge in [0.2, 0.25) is 0 Å². The van der Waals surface area contributed by atoms with Gasteiger partial charge in [0.25, 0.3) is 5.91 Å². The summed E-state index contributed by atoms with van der Waals surface area (Å²) in [6.45, 7) is 4.95. The van der Waals surface area contributed by atoms with Crippen molar-refractivity contribution in [1.29, 1.82) is 0 Å². The van der Waals surface area contributed by atoms with Gasteiger partial charge in [-0.3, -0.25) is 9.69 Å². The molecular formula is C25H31N3O3. The van der Waals surface area contributed by atoms with Crippen LogP contribution in [-0.2, 0) is 24.1 Å². The van der Waals surface area contributed by atoms with Crippen molar-refractivity contribution >= 4 is 11.6 Å². The highest BCUT2D eigenvalue weighted by Crippen LogP contribution is 2.25. The highest BCUT2D eigenvalue weighted by Gasteiger charge is 2.28. The molecule has 5 rings (SSSR count). The van der Waals surface area contributed by atoms with Crippen LogP contribution in [0.5, 0.6) is 0 Å². The number of aliphatic hydroxyl groups is 1. The number of hydrogen-bond donors (Lipinski definition) is 2. The molecule has 6 nitrogen and oxygen atoms in total. The molecule has 6 heteroatoms. The largest absolute Gasteiger partial charge is 0.390 e. The molecule has 0 saturated carbocycles. The predicted molar refractivity (Wildman–Crippen MR) is 120 cm³/mol. The van der Waals surface area contributed by atoms with Crippen LogP contribution in [-0.4, -0.2) is 72.4 Å². The molecule has 1 unspecified atom stereocenters. The van der Waals surface area contributed by atoms with Crippen molar-refractivity contribution in [2.75, 3.05) is 44.7 Å². The van der Waals surface area contributed by atoms with E-state index in [1.165, 1.54) is 11.1 Å². The Balaban J connectivity index is 1.19. The van der Waals surface area contributed by atoms with Gasteiger partial charge in [-0.2, -0.15) is 0 Å². The quantitative estimate of drug-likeness (QED) is 0.749. The molecule has 2 aromatic rings. The molecular weight excluding hydrogens is 390 g/mol. The fraction of sp³-hybridized carbons (Fsp3) is 0.480. The summed E-state index contributed by atoms with van der Waals surface area (Å²) in [6, 6.07) is 14.9. The number of nitrogens with one attached hydrogen (secondary N) is 1. The van der Waals surface area contributed by atoms with Gasteiger partial charge in [0.1, 0.15) is 0 Å². The molecule has 164 valence electrons. The highest BCUT2D eigenvalue weighted by atomic mass is 16.5. The molecule has 2 N–H and O–H groups in total. The van der Waals surface area contributed by atoms with Crippen LogP contribution in [0.2, 0.25) is 0 Å². The van der Waals surface area contributed by atoms with E-state index in [-0.39, 0.29) is 5.91 Å². The van der Waals surface area contributed by atoms with Crippen LogP contribution in [0.1, 0.15) is 33.5 Å². The number of carbonyl (C=O) groups excluding carboxylic acids is 1. The van der Waals surface area contributed by atoms with Crippen molar-refractivity contribution in [2.45, 2.75) is 38.0 Å². The summed E-state index contributed by atoms with van der Waals surface area (Å²) in [5, 5.41) is 14.2. The molecule has 31 heavy (non-hydrogen) atoms. The number of nitrogens with zero attached hydrogens (tertiary/aromatic N) is 2. The minimum Gasteiger partial charge on any atom is -0.390 e. The zero-order chi connectivity index (χ0) is 21.2. The average Bonchev–Trinajstić information content (AvgIpc) is 3.29. The normalized spacial score (nSPS) is 22.2. The molecule has 1 saturated heterocycles. The van der Waals surface area contributed by atoms with Crippen LogP contribution >= 0.6 is 0 Å². The number of hydrogen-bond acceptors (Lipinski definition) is 5. The number of amides is 1. The summed E-state index contributed by atoms with van der Waals surface area (Å²) < 4.78 is 5.44. The molecule has 0 radical (unpaired) electrons. The molecule has 0 aromatic heterocycles. The lowest BCUT2D eigenvalue weighted by Gasteiger charge is -2.34. The van der Waals surface area contributed by atoms with Crippen LogP contribution in [0.25, 0.3) is 0 Å². The van der Waals surface area contributed by atoms with Gasteiger partial charge in [-0.15, -0.1) is 0 Å². The number of rotatable bonds is 6. The fourth-order valence-corrected chi connectivity index (χ4v) is 4.99. The van der Waals surface area contributed by atoms with Gasteiger partial charge in [-0.05, 0) is 48.1 Å². The van der Waals surface area contributed by atoms with Crippen molar-refractivity contribution in [3.63, 3.8) is 0 Å². The number of carbonyl (C=O) groups is 1. The monoisotopic (exact) mass is 421 g/mol. The lowest BCUT2D eigenvalue weighted by molar-refractivity contribution is 0.0493. The number of aliphatic hydroxyl groups excluding tert-OH is 1. The zero-order valence-corrected chi connectivity index (χ0v) is 17.9. The van der Waals surface area contributed by atoms with Gasteiger partial charge >= 0.3 is 0 Å². The van der Waals surface area contributed by atoms with Gasteiger partial charge in [-0.25, -0.2) is 0 Å². The number of ether oxygens (including phenoxy) is 1. The molecule has 0 bridgehead atoms. The Labute approximate surface area is 183 Å². The van der Waals surface area contributed by atoms with Crippen LogP contribution < -0.4 is 5.32 Å². The molecule has 2 aromatic carbocycles. The summed E-state index contributed by atoms with van der Waals surface area (Å²) in [7, 11) is 0. The fourth-order valence-electron chi connectivity index (χ4n) is 4.99. The standard InChI is InChI=1S/C25H31N3O3/c29-23(15-27-10-7-18-3-1-2-4-20(18)14-27)16-28-11-8-19-5-6-21(13-24(19)25(28)30)26-22-9-12-31-17-22/h1-6,13,22-23,26,29H,7-12,14-17H2/t22-,23?/m0/s1. The molecule has 1 amide bonds. The molecule has 1 fully saturated rings.